The van der Waals surface area contributed by atoms with Crippen LogP contribution in [0, 0.1) is 13.8 Å². The van der Waals surface area contributed by atoms with Gasteiger partial charge in [0, 0.05) is 24.8 Å². The van der Waals surface area contributed by atoms with Crippen LogP contribution in [0.25, 0.3) is 0 Å². The van der Waals surface area contributed by atoms with Crippen molar-refractivity contribution < 1.29 is 14.3 Å². The molecule has 132 valence electrons. The van der Waals surface area contributed by atoms with E-state index < -0.39 is 0 Å². The molecular weight excluding hydrogens is 316 g/mol. The molecule has 1 aromatic heterocycles. The number of nitrogens with one attached hydrogen (secondary N) is 1. The molecule has 1 amide bonds. The second kappa shape index (κ2) is 7.83. The molecule has 1 aromatic carbocycles. The molecule has 0 aliphatic carbocycles. The Kier molecular flexibility index (Phi) is 5.80. The van der Waals surface area contributed by atoms with Crippen molar-refractivity contribution in [2.24, 2.45) is 0 Å². The molecule has 0 radical (unpaired) electrons. The SMILES string of the molecule is C=CCOc1ccc(CN(C)C(=O)c2[nH]c(C)c(C(C)=O)c2C)cc1. The highest BCUT2D eigenvalue weighted by molar-refractivity contribution is 6.02. The van der Waals surface area contributed by atoms with Crippen LogP contribution in [0.1, 0.15) is 44.6 Å². The van der Waals surface area contributed by atoms with E-state index >= 15 is 0 Å². The van der Waals surface area contributed by atoms with Gasteiger partial charge < -0.3 is 14.6 Å². The topological polar surface area (TPSA) is 62.4 Å². The highest BCUT2D eigenvalue weighted by atomic mass is 16.5. The Balaban J connectivity index is 2.11. The lowest BCUT2D eigenvalue weighted by molar-refractivity contribution is 0.0779. The van der Waals surface area contributed by atoms with Crippen LogP contribution in [0.5, 0.6) is 5.75 Å². The summed E-state index contributed by atoms with van der Waals surface area (Å²) < 4.78 is 5.45. The number of ether oxygens (including phenoxy) is 1. The lowest BCUT2D eigenvalue weighted by Crippen LogP contribution is -2.27. The molecule has 5 nitrogen and oxygen atoms in total. The fraction of sp³-hybridized carbons (Fsp3) is 0.300. The molecular formula is C20H24N2O3. The first-order valence-corrected chi connectivity index (χ1v) is 8.13. The molecule has 5 heteroatoms. The van der Waals surface area contributed by atoms with E-state index in [4.69, 9.17) is 4.74 Å². The Labute approximate surface area is 148 Å². The van der Waals surface area contributed by atoms with Gasteiger partial charge >= 0.3 is 0 Å². The van der Waals surface area contributed by atoms with Gasteiger partial charge in [-0.1, -0.05) is 24.8 Å². The normalized spacial score (nSPS) is 10.4. The minimum atomic E-state index is -0.139. The van der Waals surface area contributed by atoms with Crippen molar-refractivity contribution in [3.8, 4) is 5.75 Å². The van der Waals surface area contributed by atoms with Gasteiger partial charge in [0.05, 0.1) is 0 Å². The van der Waals surface area contributed by atoms with Crippen LogP contribution in [0.4, 0.5) is 0 Å². The summed E-state index contributed by atoms with van der Waals surface area (Å²) in [6.07, 6.45) is 1.69. The largest absolute Gasteiger partial charge is 0.490 e. The number of ketones is 1. The Hall–Kier alpha value is -2.82. The highest BCUT2D eigenvalue weighted by Crippen LogP contribution is 2.20. The first-order chi connectivity index (χ1) is 11.8. The molecule has 0 spiro atoms. The number of aromatic nitrogens is 1. The van der Waals surface area contributed by atoms with E-state index in [9.17, 15) is 9.59 Å². The fourth-order valence-electron chi connectivity index (χ4n) is 2.87. The van der Waals surface area contributed by atoms with Crippen molar-refractivity contribution in [1.82, 2.24) is 9.88 Å². The predicted molar refractivity (Wildman–Crippen MR) is 98.2 cm³/mol. The van der Waals surface area contributed by atoms with Crippen LogP contribution >= 0.6 is 0 Å². The van der Waals surface area contributed by atoms with Crippen molar-refractivity contribution in [2.75, 3.05) is 13.7 Å². The summed E-state index contributed by atoms with van der Waals surface area (Å²) >= 11 is 0. The number of hydrogen-bond donors (Lipinski definition) is 1. The monoisotopic (exact) mass is 340 g/mol. The molecule has 0 atom stereocenters. The van der Waals surface area contributed by atoms with E-state index in [2.05, 4.69) is 11.6 Å². The van der Waals surface area contributed by atoms with E-state index in [0.29, 0.717) is 30.0 Å². The maximum Gasteiger partial charge on any atom is 0.270 e. The second-order valence-electron chi connectivity index (χ2n) is 6.09. The van der Waals surface area contributed by atoms with Gasteiger partial charge in [-0.25, -0.2) is 0 Å². The minimum absolute atomic E-state index is 0.0388. The van der Waals surface area contributed by atoms with Crippen molar-refractivity contribution in [3.63, 3.8) is 0 Å². The molecule has 1 N–H and O–H groups in total. The van der Waals surface area contributed by atoms with Crippen LogP contribution in [0.2, 0.25) is 0 Å². The quantitative estimate of drug-likeness (QED) is 0.618. The number of H-pyrrole nitrogens is 1. The Morgan fingerprint density at radius 2 is 1.88 bits per heavy atom. The number of nitrogens with zero attached hydrogens (tertiary/aromatic N) is 1. The molecule has 0 aliphatic rings. The smallest absolute Gasteiger partial charge is 0.270 e. The maximum atomic E-state index is 12.7. The first kappa shape index (κ1) is 18.5. The van der Waals surface area contributed by atoms with Gasteiger partial charge in [0.2, 0.25) is 0 Å². The third kappa shape index (κ3) is 4.18. The van der Waals surface area contributed by atoms with Gasteiger partial charge in [0.25, 0.3) is 5.91 Å². The van der Waals surface area contributed by atoms with Gasteiger partial charge in [-0.15, -0.1) is 0 Å². The molecule has 2 rings (SSSR count). The van der Waals surface area contributed by atoms with E-state index in [1.165, 1.54) is 6.92 Å². The summed E-state index contributed by atoms with van der Waals surface area (Å²) in [5.41, 5.74) is 3.49. The first-order valence-electron chi connectivity index (χ1n) is 8.13. The summed E-state index contributed by atoms with van der Waals surface area (Å²) in [6.45, 7) is 9.66. The number of benzene rings is 1. The average Bonchev–Trinajstić information content (AvgIpc) is 2.88. The molecule has 25 heavy (non-hydrogen) atoms. The molecule has 0 aliphatic heterocycles. The molecule has 1 heterocycles. The van der Waals surface area contributed by atoms with Crippen molar-refractivity contribution >= 4 is 11.7 Å². The predicted octanol–water partition coefficient (Wildman–Crippen LogP) is 3.67. The van der Waals surface area contributed by atoms with Crippen molar-refractivity contribution in [2.45, 2.75) is 27.3 Å². The Morgan fingerprint density at radius 1 is 1.24 bits per heavy atom. The highest BCUT2D eigenvalue weighted by Gasteiger charge is 2.22. The van der Waals surface area contributed by atoms with Crippen LogP contribution in [-0.4, -0.2) is 35.2 Å². The van der Waals surface area contributed by atoms with Crippen LogP contribution < -0.4 is 4.74 Å². The summed E-state index contributed by atoms with van der Waals surface area (Å²) in [4.78, 5) is 29.1. The summed E-state index contributed by atoms with van der Waals surface area (Å²) in [7, 11) is 1.74. The van der Waals surface area contributed by atoms with Crippen LogP contribution in [0.3, 0.4) is 0 Å². The zero-order valence-corrected chi connectivity index (χ0v) is 15.2. The standard InChI is InChI=1S/C20H24N2O3/c1-6-11-25-17-9-7-16(8-10-17)12-22(5)20(24)19-13(2)18(15(4)23)14(3)21-19/h6-10,21H,1,11-12H2,2-5H3. The summed E-state index contributed by atoms with van der Waals surface area (Å²) in [6, 6.07) is 7.59. The third-order valence-corrected chi connectivity index (χ3v) is 4.06. The van der Waals surface area contributed by atoms with E-state index in [1.54, 1.807) is 24.9 Å². The molecule has 0 saturated heterocycles. The number of rotatable bonds is 7. The van der Waals surface area contributed by atoms with Gasteiger partial charge in [-0.3, -0.25) is 9.59 Å². The fourth-order valence-corrected chi connectivity index (χ4v) is 2.87. The lowest BCUT2D eigenvalue weighted by Gasteiger charge is -2.17. The summed E-state index contributed by atoms with van der Waals surface area (Å²) in [5.74, 6) is 0.586. The van der Waals surface area contributed by atoms with E-state index in [0.717, 1.165) is 17.0 Å². The molecule has 2 aromatic rings. The number of carbonyl (C=O) groups is 2. The molecule has 0 bridgehead atoms. The van der Waals surface area contributed by atoms with Gasteiger partial charge in [-0.05, 0) is 44.0 Å². The van der Waals surface area contributed by atoms with Crippen LogP contribution in [0.15, 0.2) is 36.9 Å². The lowest BCUT2D eigenvalue weighted by atomic mass is 10.1. The zero-order chi connectivity index (χ0) is 18.6. The zero-order valence-electron chi connectivity index (χ0n) is 15.2. The third-order valence-electron chi connectivity index (χ3n) is 4.06. The minimum Gasteiger partial charge on any atom is -0.490 e. The number of Topliss-reactive ketones (excluding diaryl/α,β-unsaturated/α-hetero) is 1. The summed E-state index contributed by atoms with van der Waals surface area (Å²) in [5, 5.41) is 0. The van der Waals surface area contributed by atoms with Gasteiger partial charge in [0.1, 0.15) is 18.1 Å². The van der Waals surface area contributed by atoms with Gasteiger partial charge in [-0.2, -0.15) is 0 Å². The van der Waals surface area contributed by atoms with E-state index in [1.807, 2.05) is 31.2 Å². The molecule has 0 unspecified atom stereocenters. The number of hydrogen-bond acceptors (Lipinski definition) is 3. The van der Waals surface area contributed by atoms with Gasteiger partial charge in [0.15, 0.2) is 5.78 Å². The Bertz CT molecular complexity index is 788. The average molecular weight is 340 g/mol. The number of amides is 1. The second-order valence-corrected chi connectivity index (χ2v) is 6.09. The maximum absolute atomic E-state index is 12.7. The number of aryl methyl sites for hydroxylation is 1. The van der Waals surface area contributed by atoms with Crippen molar-refractivity contribution in [3.05, 3.63) is 65.0 Å². The van der Waals surface area contributed by atoms with E-state index in [-0.39, 0.29) is 11.7 Å². The molecule has 0 saturated carbocycles. The molecule has 0 fully saturated rings. The number of carbonyl (C=O) groups excluding carboxylic acids is 2. The number of aromatic amines is 1. The van der Waals surface area contributed by atoms with Crippen LogP contribution in [-0.2, 0) is 6.54 Å². The van der Waals surface area contributed by atoms with Crippen molar-refractivity contribution in [1.29, 1.82) is 0 Å². The Morgan fingerprint density at radius 3 is 2.40 bits per heavy atom.